The number of fused-ring (bicyclic) bond motifs is 1. The topological polar surface area (TPSA) is 27.8 Å². The maximum atomic E-state index is 3.73. The predicted molar refractivity (Wildman–Crippen MR) is 107 cm³/mol. The molecule has 0 aliphatic carbocycles. The summed E-state index contributed by atoms with van der Waals surface area (Å²) >= 11 is 1.83. The Balaban J connectivity index is 1.61. The summed E-state index contributed by atoms with van der Waals surface area (Å²) in [5.74, 6) is 0.349. The summed E-state index contributed by atoms with van der Waals surface area (Å²) in [5.41, 5.74) is 3.90. The Morgan fingerprint density at radius 1 is 0.960 bits per heavy atom. The average molecular weight is 346 g/mol. The summed E-state index contributed by atoms with van der Waals surface area (Å²) in [6.45, 7) is 3.15. The number of benzene rings is 2. The van der Waals surface area contributed by atoms with Gasteiger partial charge in [-0.2, -0.15) is 0 Å². The zero-order chi connectivity index (χ0) is 17.1. The van der Waals surface area contributed by atoms with Crippen molar-refractivity contribution in [1.82, 2.24) is 10.3 Å². The van der Waals surface area contributed by atoms with Gasteiger partial charge in [0.05, 0.1) is 0 Å². The summed E-state index contributed by atoms with van der Waals surface area (Å²) in [6.07, 6.45) is 2.17. The molecule has 3 heteroatoms. The van der Waals surface area contributed by atoms with Gasteiger partial charge in [-0.3, -0.25) is 0 Å². The number of para-hydroxylation sites is 1. The lowest BCUT2D eigenvalue weighted by Gasteiger charge is -2.20. The molecular weight excluding hydrogens is 324 g/mol. The van der Waals surface area contributed by atoms with Crippen LogP contribution in [0.3, 0.4) is 0 Å². The van der Waals surface area contributed by atoms with E-state index in [1.54, 1.807) is 0 Å². The van der Waals surface area contributed by atoms with Crippen molar-refractivity contribution in [3.63, 3.8) is 0 Å². The lowest BCUT2D eigenvalue weighted by Crippen LogP contribution is -2.25. The molecular formula is C22H22N2S. The standard InChI is InChI=1S/C22H22N2S/c1-16(17-8-3-2-4-9-17)23-15-20(22-12-7-13-25-22)19-14-24-21-11-6-5-10-18(19)21/h2-14,16,20,23-24H,15H2,1H3/t16-,20+/m0/s1. The third-order valence-corrected chi connectivity index (χ3v) is 5.80. The molecule has 2 aromatic carbocycles. The molecule has 2 nitrogen and oxygen atoms in total. The Morgan fingerprint density at radius 2 is 1.76 bits per heavy atom. The highest BCUT2D eigenvalue weighted by atomic mass is 32.1. The van der Waals surface area contributed by atoms with Crippen molar-refractivity contribution in [3.8, 4) is 0 Å². The van der Waals surface area contributed by atoms with Crippen LogP contribution in [0.5, 0.6) is 0 Å². The fourth-order valence-electron chi connectivity index (χ4n) is 3.39. The molecule has 0 spiro atoms. The van der Waals surface area contributed by atoms with Crippen LogP contribution >= 0.6 is 11.3 Å². The molecule has 2 heterocycles. The molecule has 126 valence electrons. The van der Waals surface area contributed by atoms with Gasteiger partial charge in [0.2, 0.25) is 0 Å². The van der Waals surface area contributed by atoms with Crippen LogP contribution in [-0.4, -0.2) is 11.5 Å². The molecule has 0 radical (unpaired) electrons. The fourth-order valence-corrected chi connectivity index (χ4v) is 4.24. The van der Waals surface area contributed by atoms with Gasteiger partial charge in [0, 0.05) is 40.5 Å². The van der Waals surface area contributed by atoms with E-state index in [0.29, 0.717) is 12.0 Å². The molecule has 0 saturated carbocycles. The monoisotopic (exact) mass is 346 g/mol. The lowest BCUT2D eigenvalue weighted by atomic mass is 9.96. The van der Waals surface area contributed by atoms with Gasteiger partial charge in [0.25, 0.3) is 0 Å². The first kappa shape index (κ1) is 16.1. The van der Waals surface area contributed by atoms with E-state index < -0.39 is 0 Å². The van der Waals surface area contributed by atoms with Gasteiger partial charge in [-0.25, -0.2) is 0 Å². The van der Waals surface area contributed by atoms with Crippen molar-refractivity contribution in [1.29, 1.82) is 0 Å². The minimum absolute atomic E-state index is 0.328. The Bertz CT molecular complexity index is 925. The molecule has 0 aliphatic heterocycles. The number of rotatable bonds is 6. The smallest absolute Gasteiger partial charge is 0.0457 e. The second-order valence-electron chi connectivity index (χ2n) is 6.40. The predicted octanol–water partition coefficient (Wildman–Crippen LogP) is 5.71. The summed E-state index contributed by atoms with van der Waals surface area (Å²) in [6, 6.07) is 23.9. The number of H-pyrrole nitrogens is 1. The maximum Gasteiger partial charge on any atom is 0.0457 e. The van der Waals surface area contributed by atoms with Crippen LogP contribution in [-0.2, 0) is 0 Å². The second kappa shape index (κ2) is 7.26. The minimum Gasteiger partial charge on any atom is -0.361 e. The zero-order valence-electron chi connectivity index (χ0n) is 14.3. The zero-order valence-corrected chi connectivity index (χ0v) is 15.1. The van der Waals surface area contributed by atoms with Gasteiger partial charge >= 0.3 is 0 Å². The van der Waals surface area contributed by atoms with Gasteiger partial charge in [-0.05, 0) is 35.6 Å². The van der Waals surface area contributed by atoms with Gasteiger partial charge in [0.15, 0.2) is 0 Å². The number of hydrogen-bond donors (Lipinski definition) is 2. The van der Waals surface area contributed by atoms with E-state index in [1.165, 1.54) is 26.9 Å². The van der Waals surface area contributed by atoms with Crippen molar-refractivity contribution >= 4 is 22.2 Å². The second-order valence-corrected chi connectivity index (χ2v) is 7.38. The molecule has 4 rings (SSSR count). The van der Waals surface area contributed by atoms with Crippen LogP contribution in [0, 0.1) is 0 Å². The van der Waals surface area contributed by atoms with Crippen LogP contribution in [0.25, 0.3) is 10.9 Å². The van der Waals surface area contributed by atoms with Crippen LogP contribution in [0.15, 0.2) is 78.3 Å². The summed E-state index contributed by atoms with van der Waals surface area (Å²) in [5, 5.41) is 7.21. The first-order chi connectivity index (χ1) is 12.3. The summed E-state index contributed by atoms with van der Waals surface area (Å²) in [4.78, 5) is 4.83. The number of nitrogens with one attached hydrogen (secondary N) is 2. The molecule has 2 atom stereocenters. The van der Waals surface area contributed by atoms with Crippen molar-refractivity contribution in [2.45, 2.75) is 18.9 Å². The van der Waals surface area contributed by atoms with E-state index in [4.69, 9.17) is 0 Å². The van der Waals surface area contributed by atoms with E-state index in [2.05, 4.69) is 95.5 Å². The van der Waals surface area contributed by atoms with Crippen molar-refractivity contribution in [3.05, 3.63) is 94.3 Å². The van der Waals surface area contributed by atoms with Crippen LogP contribution < -0.4 is 5.32 Å². The first-order valence-electron chi connectivity index (χ1n) is 8.70. The first-order valence-corrected chi connectivity index (χ1v) is 9.58. The highest BCUT2D eigenvalue weighted by Crippen LogP contribution is 2.33. The molecule has 0 amide bonds. The average Bonchev–Trinajstić information content (AvgIpc) is 3.33. The summed E-state index contributed by atoms with van der Waals surface area (Å²) in [7, 11) is 0. The number of hydrogen-bond acceptors (Lipinski definition) is 2. The number of aromatic amines is 1. The van der Waals surface area contributed by atoms with E-state index >= 15 is 0 Å². The van der Waals surface area contributed by atoms with Crippen LogP contribution in [0.2, 0.25) is 0 Å². The van der Waals surface area contributed by atoms with Gasteiger partial charge in [0.1, 0.15) is 0 Å². The molecule has 4 aromatic rings. The fraction of sp³-hybridized carbons (Fsp3) is 0.182. The third-order valence-electron chi connectivity index (χ3n) is 4.81. The van der Waals surface area contributed by atoms with E-state index in [0.717, 1.165) is 6.54 Å². The Labute approximate surface area is 152 Å². The van der Waals surface area contributed by atoms with E-state index in [-0.39, 0.29) is 0 Å². The SMILES string of the molecule is C[C@H](NC[C@@H](c1cccs1)c1c[nH]c2ccccc12)c1ccccc1. The van der Waals surface area contributed by atoms with Crippen molar-refractivity contribution in [2.75, 3.05) is 6.54 Å². The molecule has 0 unspecified atom stereocenters. The molecule has 2 aromatic heterocycles. The molecule has 0 aliphatic rings. The van der Waals surface area contributed by atoms with Crippen molar-refractivity contribution < 1.29 is 0 Å². The van der Waals surface area contributed by atoms with Crippen molar-refractivity contribution in [2.24, 2.45) is 0 Å². The van der Waals surface area contributed by atoms with E-state index in [1.807, 2.05) is 11.3 Å². The number of thiophene rings is 1. The molecule has 0 fully saturated rings. The van der Waals surface area contributed by atoms with Crippen LogP contribution in [0.4, 0.5) is 0 Å². The van der Waals surface area contributed by atoms with Gasteiger partial charge < -0.3 is 10.3 Å². The Hall–Kier alpha value is -2.36. The Morgan fingerprint density at radius 3 is 2.56 bits per heavy atom. The molecule has 25 heavy (non-hydrogen) atoms. The molecule has 0 saturated heterocycles. The maximum absolute atomic E-state index is 3.73. The quantitative estimate of drug-likeness (QED) is 0.460. The lowest BCUT2D eigenvalue weighted by molar-refractivity contribution is 0.553. The number of aromatic nitrogens is 1. The normalized spacial score (nSPS) is 13.8. The molecule has 2 N–H and O–H groups in total. The Kier molecular flexibility index (Phi) is 4.68. The van der Waals surface area contributed by atoms with E-state index in [9.17, 15) is 0 Å². The van der Waals surface area contributed by atoms with Gasteiger partial charge in [-0.1, -0.05) is 54.6 Å². The third kappa shape index (κ3) is 3.39. The highest BCUT2D eigenvalue weighted by molar-refractivity contribution is 7.10. The van der Waals surface area contributed by atoms with Gasteiger partial charge in [-0.15, -0.1) is 11.3 Å². The summed E-state index contributed by atoms with van der Waals surface area (Å²) < 4.78 is 0. The highest BCUT2D eigenvalue weighted by Gasteiger charge is 2.20. The molecule has 0 bridgehead atoms. The largest absolute Gasteiger partial charge is 0.361 e. The van der Waals surface area contributed by atoms with Crippen LogP contribution in [0.1, 0.15) is 34.9 Å². The minimum atomic E-state index is 0.328.